The van der Waals surface area contributed by atoms with Crippen LogP contribution in [0.15, 0.2) is 24.3 Å². The van der Waals surface area contributed by atoms with Crippen molar-refractivity contribution >= 4 is 17.7 Å². The van der Waals surface area contributed by atoms with E-state index in [9.17, 15) is 14.4 Å². The van der Waals surface area contributed by atoms with Gasteiger partial charge in [0.25, 0.3) is 11.8 Å². The van der Waals surface area contributed by atoms with E-state index in [-0.39, 0.29) is 11.8 Å². The Bertz CT molecular complexity index is 594. The van der Waals surface area contributed by atoms with Crippen molar-refractivity contribution in [3.8, 4) is 0 Å². The number of carbonyl (C=O) groups is 3. The van der Waals surface area contributed by atoms with Gasteiger partial charge in [-0.15, -0.1) is 0 Å². The van der Waals surface area contributed by atoms with Crippen molar-refractivity contribution in [1.29, 1.82) is 0 Å². The fourth-order valence-electron chi connectivity index (χ4n) is 2.62. The lowest BCUT2D eigenvalue weighted by Crippen LogP contribution is -2.55. The number of hydrogen-bond donors (Lipinski definition) is 1. The number of hydrogen-bond acceptors (Lipinski definition) is 3. The summed E-state index contributed by atoms with van der Waals surface area (Å²) in [5.41, 5.74) is 0.298. The first-order chi connectivity index (χ1) is 10.1. The number of nitrogens with zero attached hydrogens (tertiary/aromatic N) is 1. The van der Waals surface area contributed by atoms with Crippen LogP contribution >= 0.6 is 0 Å². The fraction of sp³-hybridized carbons (Fsp3) is 0.471. The Kier molecular flexibility index (Phi) is 4.09. The zero-order valence-electron chi connectivity index (χ0n) is 13.6. The number of nitrogens with one attached hydrogen (secondary N) is 1. The van der Waals surface area contributed by atoms with E-state index in [0.717, 1.165) is 4.90 Å². The average Bonchev–Trinajstić information content (AvgIpc) is 2.62. The molecular formula is C17H22N2O3. The van der Waals surface area contributed by atoms with Crippen LogP contribution in [0.1, 0.15) is 55.3 Å². The van der Waals surface area contributed by atoms with Crippen molar-refractivity contribution in [2.45, 2.75) is 46.2 Å². The maximum Gasteiger partial charge on any atom is 0.262 e. The summed E-state index contributed by atoms with van der Waals surface area (Å²) in [5.74, 6) is -1.28. The molecule has 1 N–H and O–H groups in total. The predicted octanol–water partition coefficient (Wildman–Crippen LogP) is 2.22. The highest BCUT2D eigenvalue weighted by Crippen LogP contribution is 2.27. The molecule has 0 saturated carbocycles. The third-order valence-electron chi connectivity index (χ3n) is 3.50. The third-order valence-corrected chi connectivity index (χ3v) is 3.50. The van der Waals surface area contributed by atoms with Gasteiger partial charge in [0.15, 0.2) is 0 Å². The molecule has 0 saturated heterocycles. The highest BCUT2D eigenvalue weighted by Gasteiger charge is 2.44. The van der Waals surface area contributed by atoms with Gasteiger partial charge in [-0.2, -0.15) is 0 Å². The van der Waals surface area contributed by atoms with E-state index in [2.05, 4.69) is 5.32 Å². The summed E-state index contributed by atoms with van der Waals surface area (Å²) in [4.78, 5) is 38.8. The second-order valence-electron chi connectivity index (χ2n) is 6.95. The summed E-state index contributed by atoms with van der Waals surface area (Å²) in [6.07, 6.45) is 0. The molecule has 0 bridgehead atoms. The number of imide groups is 1. The molecule has 1 aliphatic rings. The zero-order valence-corrected chi connectivity index (χ0v) is 13.6. The maximum absolute atomic E-state index is 12.6. The molecule has 1 heterocycles. The smallest absolute Gasteiger partial charge is 0.262 e. The molecule has 0 aromatic heterocycles. The first kappa shape index (κ1) is 16.2. The number of benzene rings is 1. The Labute approximate surface area is 130 Å². The largest absolute Gasteiger partial charge is 0.350 e. The van der Waals surface area contributed by atoms with Gasteiger partial charge in [-0.3, -0.25) is 19.3 Å². The Balaban J connectivity index is 2.38. The van der Waals surface area contributed by atoms with Crippen LogP contribution in [0.4, 0.5) is 0 Å². The van der Waals surface area contributed by atoms with Crippen molar-refractivity contribution < 1.29 is 14.4 Å². The van der Waals surface area contributed by atoms with E-state index >= 15 is 0 Å². The van der Waals surface area contributed by atoms with Crippen LogP contribution in [0.5, 0.6) is 0 Å². The van der Waals surface area contributed by atoms with E-state index in [0.29, 0.717) is 11.1 Å². The van der Waals surface area contributed by atoms with Gasteiger partial charge in [-0.05, 0) is 38.8 Å². The normalized spacial score (nSPS) is 16.0. The van der Waals surface area contributed by atoms with Gasteiger partial charge in [-0.1, -0.05) is 26.0 Å². The average molecular weight is 302 g/mol. The van der Waals surface area contributed by atoms with E-state index in [4.69, 9.17) is 0 Å². The SMILES string of the molecule is CC(C)[C@@H](C(=O)NC(C)(C)C)N1C(=O)c2ccccc2C1=O. The summed E-state index contributed by atoms with van der Waals surface area (Å²) in [6.45, 7) is 9.26. The van der Waals surface area contributed by atoms with Gasteiger partial charge in [0, 0.05) is 5.54 Å². The lowest BCUT2D eigenvalue weighted by molar-refractivity contribution is -0.127. The Morgan fingerprint density at radius 3 is 1.86 bits per heavy atom. The minimum atomic E-state index is -0.813. The monoisotopic (exact) mass is 302 g/mol. The third kappa shape index (κ3) is 2.89. The molecule has 5 heteroatoms. The van der Waals surface area contributed by atoms with Crippen molar-refractivity contribution in [2.75, 3.05) is 0 Å². The van der Waals surface area contributed by atoms with Crippen LogP contribution in [0.25, 0.3) is 0 Å². The molecular weight excluding hydrogens is 280 g/mol. The van der Waals surface area contributed by atoms with Gasteiger partial charge in [-0.25, -0.2) is 0 Å². The van der Waals surface area contributed by atoms with Crippen LogP contribution in [0, 0.1) is 5.92 Å². The fourth-order valence-corrected chi connectivity index (χ4v) is 2.62. The Morgan fingerprint density at radius 1 is 1.05 bits per heavy atom. The summed E-state index contributed by atoms with van der Waals surface area (Å²) in [5, 5.41) is 2.86. The standard InChI is InChI=1S/C17H22N2O3/c1-10(2)13(14(20)18-17(3,4)5)19-15(21)11-8-6-7-9-12(11)16(19)22/h6-10,13H,1-5H3,(H,18,20)/t13-/m0/s1. The first-order valence-electron chi connectivity index (χ1n) is 7.42. The van der Waals surface area contributed by atoms with E-state index in [1.165, 1.54) is 0 Å². The lowest BCUT2D eigenvalue weighted by atomic mass is 9.99. The van der Waals surface area contributed by atoms with Crippen molar-refractivity contribution in [3.05, 3.63) is 35.4 Å². The molecule has 0 radical (unpaired) electrons. The zero-order chi connectivity index (χ0) is 16.7. The molecule has 5 nitrogen and oxygen atoms in total. The van der Waals surface area contributed by atoms with Gasteiger partial charge in [0.2, 0.25) is 5.91 Å². The molecule has 0 fully saturated rings. The molecule has 0 unspecified atom stereocenters. The molecule has 2 rings (SSSR count). The molecule has 1 aromatic carbocycles. The number of rotatable bonds is 3. The lowest BCUT2D eigenvalue weighted by Gasteiger charge is -2.31. The highest BCUT2D eigenvalue weighted by atomic mass is 16.2. The van der Waals surface area contributed by atoms with Gasteiger partial charge in [0.1, 0.15) is 6.04 Å². The van der Waals surface area contributed by atoms with Crippen LogP contribution in [-0.2, 0) is 4.79 Å². The first-order valence-corrected chi connectivity index (χ1v) is 7.42. The van der Waals surface area contributed by atoms with E-state index in [1.807, 2.05) is 34.6 Å². The molecule has 3 amide bonds. The minimum absolute atomic E-state index is 0.176. The molecule has 0 spiro atoms. The molecule has 1 aliphatic heterocycles. The molecule has 0 aliphatic carbocycles. The molecule has 118 valence electrons. The van der Waals surface area contributed by atoms with Crippen molar-refractivity contribution in [1.82, 2.24) is 10.2 Å². The van der Waals surface area contributed by atoms with Crippen LogP contribution in [-0.4, -0.2) is 34.2 Å². The van der Waals surface area contributed by atoms with Crippen LogP contribution in [0.3, 0.4) is 0 Å². The molecule has 1 atom stereocenters. The number of carbonyl (C=O) groups excluding carboxylic acids is 3. The topological polar surface area (TPSA) is 66.5 Å². The van der Waals surface area contributed by atoms with Gasteiger partial charge in [0.05, 0.1) is 11.1 Å². The molecule has 22 heavy (non-hydrogen) atoms. The maximum atomic E-state index is 12.6. The second kappa shape index (κ2) is 5.55. The predicted molar refractivity (Wildman–Crippen MR) is 83.5 cm³/mol. The second-order valence-corrected chi connectivity index (χ2v) is 6.95. The van der Waals surface area contributed by atoms with Crippen LogP contribution < -0.4 is 5.32 Å². The van der Waals surface area contributed by atoms with Gasteiger partial charge < -0.3 is 5.32 Å². The van der Waals surface area contributed by atoms with Crippen molar-refractivity contribution in [3.63, 3.8) is 0 Å². The Hall–Kier alpha value is -2.17. The quantitative estimate of drug-likeness (QED) is 0.871. The molecule has 1 aromatic rings. The highest BCUT2D eigenvalue weighted by molar-refractivity contribution is 6.22. The van der Waals surface area contributed by atoms with E-state index < -0.39 is 23.4 Å². The van der Waals surface area contributed by atoms with Gasteiger partial charge >= 0.3 is 0 Å². The number of amides is 3. The summed E-state index contributed by atoms with van der Waals surface area (Å²) in [7, 11) is 0. The number of fused-ring (bicyclic) bond motifs is 1. The Morgan fingerprint density at radius 2 is 1.50 bits per heavy atom. The summed E-state index contributed by atoms with van der Waals surface area (Å²) < 4.78 is 0. The minimum Gasteiger partial charge on any atom is -0.350 e. The van der Waals surface area contributed by atoms with E-state index in [1.54, 1.807) is 24.3 Å². The summed E-state index contributed by atoms with van der Waals surface area (Å²) >= 11 is 0. The summed E-state index contributed by atoms with van der Waals surface area (Å²) in [6, 6.07) is 5.86. The van der Waals surface area contributed by atoms with Crippen molar-refractivity contribution in [2.24, 2.45) is 5.92 Å². The van der Waals surface area contributed by atoms with Crippen LogP contribution in [0.2, 0.25) is 0 Å².